The molecule has 0 fully saturated rings. The van der Waals surface area contributed by atoms with Gasteiger partial charge < -0.3 is 19.5 Å². The summed E-state index contributed by atoms with van der Waals surface area (Å²) >= 11 is 6.01. The summed E-state index contributed by atoms with van der Waals surface area (Å²) in [5.41, 5.74) is 1.25. The number of methoxy groups -OCH3 is 2. The van der Waals surface area contributed by atoms with Gasteiger partial charge in [0.2, 0.25) is 5.91 Å². The average molecular weight is 391 g/mol. The fraction of sp³-hybridized carbons (Fsp3) is 0.263. The van der Waals surface area contributed by atoms with Crippen LogP contribution in [0.4, 0.5) is 5.69 Å². The summed E-state index contributed by atoms with van der Waals surface area (Å²) in [5, 5.41) is 3.25. The molecule has 0 bridgehead atoms. The molecule has 142 valence electrons. The Morgan fingerprint density at radius 3 is 2.81 bits per heavy atom. The normalized spacial score (nSPS) is 12.9. The molecule has 2 aromatic carbocycles. The number of para-hydroxylation sites is 1. The summed E-state index contributed by atoms with van der Waals surface area (Å²) in [6.07, 6.45) is 0. The van der Waals surface area contributed by atoms with Crippen LogP contribution < -0.4 is 24.4 Å². The molecule has 1 N–H and O–H groups in total. The van der Waals surface area contributed by atoms with Crippen LogP contribution >= 0.6 is 11.6 Å². The number of anilines is 1. The maximum atomic E-state index is 12.4. The molecule has 0 saturated heterocycles. The smallest absolute Gasteiger partial charge is 0.265 e. The molecule has 2 amide bonds. The summed E-state index contributed by atoms with van der Waals surface area (Å²) in [6, 6.07) is 10.4. The lowest BCUT2D eigenvalue weighted by Crippen LogP contribution is -2.45. The molecular formula is C19H19ClN2O5. The van der Waals surface area contributed by atoms with Crippen LogP contribution in [-0.4, -0.2) is 39.2 Å². The average Bonchev–Trinajstić information content (AvgIpc) is 2.68. The highest BCUT2D eigenvalue weighted by Crippen LogP contribution is 2.34. The molecule has 0 aromatic heterocycles. The Kier molecular flexibility index (Phi) is 5.71. The van der Waals surface area contributed by atoms with E-state index in [4.69, 9.17) is 25.8 Å². The highest BCUT2D eigenvalue weighted by molar-refractivity contribution is 6.31. The highest BCUT2D eigenvalue weighted by Gasteiger charge is 2.27. The first-order valence-corrected chi connectivity index (χ1v) is 8.60. The first kappa shape index (κ1) is 18.8. The Hall–Kier alpha value is -2.93. The number of benzene rings is 2. The van der Waals surface area contributed by atoms with Gasteiger partial charge in [-0.15, -0.1) is 0 Å². The standard InChI is InChI=1S/C19H19ClN2O5/c1-25-16-5-3-4-12(19(16)26-2)9-21-17(23)10-22-14-8-13(20)6-7-15(14)27-11-18(22)24/h3-8H,9-11H2,1-2H3,(H,21,23). The van der Waals surface area contributed by atoms with Gasteiger partial charge in [-0.3, -0.25) is 14.5 Å². The van der Waals surface area contributed by atoms with Crippen LogP contribution in [-0.2, 0) is 16.1 Å². The van der Waals surface area contributed by atoms with E-state index < -0.39 is 0 Å². The van der Waals surface area contributed by atoms with Gasteiger partial charge in [-0.05, 0) is 24.3 Å². The van der Waals surface area contributed by atoms with Crippen LogP contribution in [0, 0.1) is 0 Å². The predicted octanol–water partition coefficient (Wildman–Crippen LogP) is 2.40. The minimum absolute atomic E-state index is 0.119. The third-order valence-corrected chi connectivity index (χ3v) is 4.36. The molecule has 0 spiro atoms. The lowest BCUT2D eigenvalue weighted by molar-refractivity contribution is -0.125. The van der Waals surface area contributed by atoms with Crippen molar-refractivity contribution in [3.8, 4) is 17.2 Å². The molecule has 0 unspecified atom stereocenters. The zero-order chi connectivity index (χ0) is 19.4. The molecule has 0 atom stereocenters. The van der Waals surface area contributed by atoms with Crippen LogP contribution in [0.1, 0.15) is 5.56 Å². The van der Waals surface area contributed by atoms with E-state index in [1.807, 2.05) is 12.1 Å². The van der Waals surface area contributed by atoms with Crippen LogP contribution in [0.3, 0.4) is 0 Å². The second kappa shape index (κ2) is 8.18. The number of carbonyl (C=O) groups excluding carboxylic acids is 2. The van der Waals surface area contributed by atoms with E-state index in [1.165, 1.54) is 12.0 Å². The Balaban J connectivity index is 1.70. The molecule has 1 heterocycles. The Morgan fingerprint density at radius 2 is 2.07 bits per heavy atom. The maximum absolute atomic E-state index is 12.4. The Bertz CT molecular complexity index is 871. The number of hydrogen-bond acceptors (Lipinski definition) is 5. The van der Waals surface area contributed by atoms with Crippen molar-refractivity contribution >= 4 is 29.1 Å². The van der Waals surface area contributed by atoms with Crippen molar-refractivity contribution in [1.29, 1.82) is 0 Å². The minimum Gasteiger partial charge on any atom is -0.493 e. The van der Waals surface area contributed by atoms with Gasteiger partial charge in [-0.1, -0.05) is 23.7 Å². The number of hydrogen-bond donors (Lipinski definition) is 1. The summed E-state index contributed by atoms with van der Waals surface area (Å²) in [4.78, 5) is 26.0. The van der Waals surface area contributed by atoms with Crippen LogP contribution in [0.2, 0.25) is 5.02 Å². The van der Waals surface area contributed by atoms with E-state index in [-0.39, 0.29) is 31.5 Å². The van der Waals surface area contributed by atoms with Gasteiger partial charge in [0.05, 0.1) is 19.9 Å². The van der Waals surface area contributed by atoms with Gasteiger partial charge in [0, 0.05) is 17.1 Å². The molecule has 1 aliphatic rings. The molecule has 0 radical (unpaired) electrons. The summed E-state index contributed by atoms with van der Waals surface area (Å²) in [5.74, 6) is 1.03. The van der Waals surface area contributed by atoms with Gasteiger partial charge >= 0.3 is 0 Å². The lowest BCUT2D eigenvalue weighted by Gasteiger charge is -2.29. The van der Waals surface area contributed by atoms with E-state index in [0.717, 1.165) is 5.56 Å². The van der Waals surface area contributed by atoms with Crippen molar-refractivity contribution in [2.75, 3.05) is 32.3 Å². The monoisotopic (exact) mass is 390 g/mol. The number of carbonyl (C=O) groups is 2. The molecule has 0 aliphatic carbocycles. The largest absolute Gasteiger partial charge is 0.493 e. The van der Waals surface area contributed by atoms with Gasteiger partial charge in [0.25, 0.3) is 5.91 Å². The van der Waals surface area contributed by atoms with Gasteiger partial charge in [0.15, 0.2) is 18.1 Å². The molecule has 27 heavy (non-hydrogen) atoms. The number of nitrogens with one attached hydrogen (secondary N) is 1. The van der Waals surface area contributed by atoms with Crippen molar-refractivity contribution in [1.82, 2.24) is 5.32 Å². The molecular weight excluding hydrogens is 372 g/mol. The number of ether oxygens (including phenoxy) is 3. The van der Waals surface area contributed by atoms with Crippen molar-refractivity contribution < 1.29 is 23.8 Å². The SMILES string of the molecule is COc1cccc(CNC(=O)CN2C(=O)COc3ccc(Cl)cc32)c1OC. The van der Waals surface area contributed by atoms with Crippen molar-refractivity contribution in [3.63, 3.8) is 0 Å². The van der Waals surface area contributed by atoms with E-state index >= 15 is 0 Å². The van der Waals surface area contributed by atoms with E-state index in [9.17, 15) is 9.59 Å². The predicted molar refractivity (Wildman–Crippen MR) is 101 cm³/mol. The van der Waals surface area contributed by atoms with Crippen LogP contribution in [0.25, 0.3) is 0 Å². The summed E-state index contributed by atoms with van der Waals surface area (Å²) < 4.78 is 16.0. The topological polar surface area (TPSA) is 77.1 Å². The first-order valence-electron chi connectivity index (χ1n) is 8.22. The fourth-order valence-electron chi connectivity index (χ4n) is 2.83. The molecule has 0 saturated carbocycles. The molecule has 8 heteroatoms. The lowest BCUT2D eigenvalue weighted by atomic mass is 10.2. The summed E-state index contributed by atoms with van der Waals surface area (Å²) in [7, 11) is 3.09. The number of halogens is 1. The quantitative estimate of drug-likeness (QED) is 0.819. The second-order valence-corrected chi connectivity index (χ2v) is 6.25. The Labute approximate surface area is 161 Å². The second-order valence-electron chi connectivity index (χ2n) is 5.81. The zero-order valence-electron chi connectivity index (χ0n) is 15.0. The van der Waals surface area contributed by atoms with Gasteiger partial charge in [-0.25, -0.2) is 0 Å². The number of amides is 2. The maximum Gasteiger partial charge on any atom is 0.265 e. The molecule has 3 rings (SSSR count). The highest BCUT2D eigenvalue weighted by atomic mass is 35.5. The van der Waals surface area contributed by atoms with Crippen LogP contribution in [0.5, 0.6) is 17.2 Å². The van der Waals surface area contributed by atoms with E-state index in [1.54, 1.807) is 31.4 Å². The van der Waals surface area contributed by atoms with Crippen LogP contribution in [0.15, 0.2) is 36.4 Å². The van der Waals surface area contributed by atoms with E-state index in [2.05, 4.69) is 5.32 Å². The number of nitrogens with zero attached hydrogens (tertiary/aromatic N) is 1. The van der Waals surface area contributed by atoms with E-state index in [0.29, 0.717) is 28.0 Å². The van der Waals surface area contributed by atoms with Crippen molar-refractivity contribution in [2.24, 2.45) is 0 Å². The molecule has 1 aliphatic heterocycles. The first-order chi connectivity index (χ1) is 13.0. The summed E-state index contributed by atoms with van der Waals surface area (Å²) in [6.45, 7) is -0.0203. The molecule has 2 aromatic rings. The van der Waals surface area contributed by atoms with Gasteiger partial charge in [-0.2, -0.15) is 0 Å². The fourth-order valence-corrected chi connectivity index (χ4v) is 3.00. The minimum atomic E-state index is -0.318. The third-order valence-electron chi connectivity index (χ3n) is 4.13. The van der Waals surface area contributed by atoms with Gasteiger partial charge in [0.1, 0.15) is 12.3 Å². The van der Waals surface area contributed by atoms with Crippen molar-refractivity contribution in [2.45, 2.75) is 6.54 Å². The third kappa shape index (κ3) is 4.09. The molecule has 7 nitrogen and oxygen atoms in total. The number of rotatable bonds is 6. The zero-order valence-corrected chi connectivity index (χ0v) is 15.7. The van der Waals surface area contributed by atoms with Crippen molar-refractivity contribution in [3.05, 3.63) is 47.0 Å². The Morgan fingerprint density at radius 1 is 1.26 bits per heavy atom. The number of fused-ring (bicyclic) bond motifs is 1.